The van der Waals surface area contributed by atoms with E-state index in [-0.39, 0.29) is 0 Å². The number of ether oxygens (including phenoxy) is 2. The van der Waals surface area contributed by atoms with E-state index in [1.54, 1.807) is 7.11 Å². The number of nitrogens with zero attached hydrogens (tertiary/aromatic N) is 1. The van der Waals surface area contributed by atoms with Crippen LogP contribution in [0.1, 0.15) is 11.1 Å². The summed E-state index contributed by atoms with van der Waals surface area (Å²) in [6.07, 6.45) is 1.35. The average molecular weight is 356 g/mol. The van der Waals surface area contributed by atoms with Crippen LogP contribution in [-0.2, 0) is 12.8 Å². The van der Waals surface area contributed by atoms with Crippen LogP contribution < -0.4 is 14.8 Å². The molecule has 0 aromatic heterocycles. The minimum absolute atomic E-state index is 0.316. The molecule has 0 amide bonds. The Morgan fingerprint density at radius 2 is 1.92 bits per heavy atom. The Morgan fingerprint density at radius 1 is 1.12 bits per heavy atom. The monoisotopic (exact) mass is 356 g/mol. The van der Waals surface area contributed by atoms with Crippen molar-refractivity contribution >= 4 is 0 Å². The summed E-state index contributed by atoms with van der Waals surface area (Å²) >= 11 is 0. The number of methoxy groups -OCH3 is 1. The maximum absolute atomic E-state index is 10.2. The predicted octanol–water partition coefficient (Wildman–Crippen LogP) is 2.08. The van der Waals surface area contributed by atoms with E-state index in [1.807, 2.05) is 30.3 Å². The first-order chi connectivity index (χ1) is 12.7. The van der Waals surface area contributed by atoms with Gasteiger partial charge in [-0.05, 0) is 42.2 Å². The second kappa shape index (κ2) is 9.57. The van der Waals surface area contributed by atoms with Crippen molar-refractivity contribution in [3.8, 4) is 11.5 Å². The van der Waals surface area contributed by atoms with Gasteiger partial charge in [0.05, 0.1) is 7.11 Å². The highest BCUT2D eigenvalue weighted by Crippen LogP contribution is 2.21. The van der Waals surface area contributed by atoms with E-state index in [2.05, 4.69) is 28.4 Å². The first-order valence-electron chi connectivity index (χ1n) is 9.19. The molecule has 26 heavy (non-hydrogen) atoms. The van der Waals surface area contributed by atoms with Gasteiger partial charge < -0.3 is 19.9 Å². The van der Waals surface area contributed by atoms with Crippen molar-refractivity contribution in [2.75, 3.05) is 40.0 Å². The van der Waals surface area contributed by atoms with Crippen LogP contribution in [0.25, 0.3) is 0 Å². The SMILES string of the molecule is COc1ccc(CCc2ccccc2OC[C@H](O)CN2CCNC2)cc1. The lowest BCUT2D eigenvalue weighted by Crippen LogP contribution is -2.34. The molecule has 3 rings (SSSR count). The van der Waals surface area contributed by atoms with Crippen LogP contribution >= 0.6 is 0 Å². The lowest BCUT2D eigenvalue weighted by Gasteiger charge is -2.20. The molecule has 0 bridgehead atoms. The molecule has 2 N–H and O–H groups in total. The Morgan fingerprint density at radius 3 is 2.65 bits per heavy atom. The van der Waals surface area contributed by atoms with Crippen LogP contribution in [0.3, 0.4) is 0 Å². The molecule has 140 valence electrons. The van der Waals surface area contributed by atoms with Gasteiger partial charge in [0.15, 0.2) is 0 Å². The van der Waals surface area contributed by atoms with Crippen molar-refractivity contribution in [2.45, 2.75) is 18.9 Å². The lowest BCUT2D eigenvalue weighted by molar-refractivity contribution is 0.0751. The molecule has 1 fully saturated rings. The Bertz CT molecular complexity index is 669. The molecular formula is C21H28N2O3. The van der Waals surface area contributed by atoms with Gasteiger partial charge in [-0.25, -0.2) is 0 Å². The van der Waals surface area contributed by atoms with E-state index < -0.39 is 6.10 Å². The average Bonchev–Trinajstić information content (AvgIpc) is 3.18. The van der Waals surface area contributed by atoms with E-state index in [0.717, 1.165) is 44.1 Å². The highest BCUT2D eigenvalue weighted by molar-refractivity contribution is 5.35. The van der Waals surface area contributed by atoms with Gasteiger partial charge in [-0.1, -0.05) is 30.3 Å². The zero-order chi connectivity index (χ0) is 18.2. The third-order valence-electron chi connectivity index (χ3n) is 4.66. The number of hydrogen-bond acceptors (Lipinski definition) is 5. The smallest absolute Gasteiger partial charge is 0.122 e. The predicted molar refractivity (Wildman–Crippen MR) is 103 cm³/mol. The molecular weight excluding hydrogens is 328 g/mol. The summed E-state index contributed by atoms with van der Waals surface area (Å²) in [5.41, 5.74) is 2.43. The third-order valence-corrected chi connectivity index (χ3v) is 4.66. The third kappa shape index (κ3) is 5.46. The Balaban J connectivity index is 1.51. The van der Waals surface area contributed by atoms with Gasteiger partial charge in [0.2, 0.25) is 0 Å². The number of aliphatic hydroxyl groups excluding tert-OH is 1. The van der Waals surface area contributed by atoms with Crippen LogP contribution in [-0.4, -0.2) is 56.1 Å². The zero-order valence-electron chi connectivity index (χ0n) is 15.4. The fraction of sp³-hybridized carbons (Fsp3) is 0.429. The van der Waals surface area contributed by atoms with E-state index in [1.165, 1.54) is 11.1 Å². The fourth-order valence-corrected chi connectivity index (χ4v) is 3.17. The second-order valence-electron chi connectivity index (χ2n) is 6.66. The van der Waals surface area contributed by atoms with Gasteiger partial charge in [0, 0.05) is 26.3 Å². The van der Waals surface area contributed by atoms with Crippen molar-refractivity contribution in [3.63, 3.8) is 0 Å². The Hall–Kier alpha value is -2.08. The quantitative estimate of drug-likeness (QED) is 0.721. The number of rotatable bonds is 9. The van der Waals surface area contributed by atoms with E-state index >= 15 is 0 Å². The summed E-state index contributed by atoms with van der Waals surface area (Å²) in [7, 11) is 1.68. The van der Waals surface area contributed by atoms with Gasteiger partial charge in [0.1, 0.15) is 24.2 Å². The number of nitrogens with one attached hydrogen (secondary N) is 1. The molecule has 1 heterocycles. The van der Waals surface area contributed by atoms with Gasteiger partial charge in [0.25, 0.3) is 0 Å². The van der Waals surface area contributed by atoms with E-state index in [4.69, 9.17) is 9.47 Å². The van der Waals surface area contributed by atoms with Gasteiger partial charge in [-0.3, -0.25) is 4.90 Å². The summed E-state index contributed by atoms with van der Waals surface area (Å²) < 4.78 is 11.1. The molecule has 5 nitrogen and oxygen atoms in total. The van der Waals surface area contributed by atoms with Gasteiger partial charge in [-0.2, -0.15) is 0 Å². The maximum Gasteiger partial charge on any atom is 0.122 e. The highest BCUT2D eigenvalue weighted by Gasteiger charge is 2.16. The molecule has 0 radical (unpaired) electrons. The van der Waals surface area contributed by atoms with Crippen molar-refractivity contribution in [2.24, 2.45) is 0 Å². The molecule has 2 aromatic carbocycles. The minimum Gasteiger partial charge on any atom is -0.497 e. The standard InChI is InChI=1S/C21H28N2O3/c1-25-20-10-7-17(8-11-20)6-9-18-4-2-3-5-21(18)26-15-19(24)14-23-13-12-22-16-23/h2-5,7-8,10-11,19,22,24H,6,9,12-16H2,1H3/t19-/m1/s1. The molecule has 1 saturated heterocycles. The molecule has 0 unspecified atom stereocenters. The number of para-hydroxylation sites is 1. The van der Waals surface area contributed by atoms with Gasteiger partial charge in [-0.15, -0.1) is 0 Å². The highest BCUT2D eigenvalue weighted by atomic mass is 16.5. The van der Waals surface area contributed by atoms with Crippen LogP contribution in [0.4, 0.5) is 0 Å². The molecule has 1 aliphatic rings. The van der Waals surface area contributed by atoms with Crippen molar-refractivity contribution in [3.05, 3.63) is 59.7 Å². The molecule has 0 spiro atoms. The maximum atomic E-state index is 10.2. The molecule has 2 aromatic rings. The number of β-amino-alcohol motifs (C(OH)–C–C–N with tert-alkyl or cyclic N) is 1. The van der Waals surface area contributed by atoms with Crippen LogP contribution in [0.5, 0.6) is 11.5 Å². The molecule has 1 aliphatic heterocycles. The van der Waals surface area contributed by atoms with E-state index in [0.29, 0.717) is 13.2 Å². The molecule has 0 aliphatic carbocycles. The summed E-state index contributed by atoms with van der Waals surface area (Å²) in [5.74, 6) is 1.74. The van der Waals surface area contributed by atoms with Crippen LogP contribution in [0.15, 0.2) is 48.5 Å². The lowest BCUT2D eigenvalue weighted by atomic mass is 10.0. The molecule has 0 saturated carbocycles. The van der Waals surface area contributed by atoms with Crippen LogP contribution in [0.2, 0.25) is 0 Å². The largest absolute Gasteiger partial charge is 0.497 e. The van der Waals surface area contributed by atoms with Gasteiger partial charge >= 0.3 is 0 Å². The normalized spacial score (nSPS) is 15.8. The fourth-order valence-electron chi connectivity index (χ4n) is 3.17. The first kappa shape index (κ1) is 18.7. The summed E-state index contributed by atoms with van der Waals surface area (Å²) in [5, 5.41) is 13.5. The summed E-state index contributed by atoms with van der Waals surface area (Å²) in [6.45, 7) is 3.77. The Labute approximate surface area is 155 Å². The second-order valence-corrected chi connectivity index (χ2v) is 6.66. The number of hydrogen-bond donors (Lipinski definition) is 2. The van der Waals surface area contributed by atoms with Crippen molar-refractivity contribution in [1.29, 1.82) is 0 Å². The van der Waals surface area contributed by atoms with Crippen molar-refractivity contribution in [1.82, 2.24) is 10.2 Å². The number of aryl methyl sites for hydroxylation is 2. The molecule has 5 heteroatoms. The zero-order valence-corrected chi connectivity index (χ0v) is 15.4. The van der Waals surface area contributed by atoms with Crippen molar-refractivity contribution < 1.29 is 14.6 Å². The number of aliphatic hydroxyl groups is 1. The van der Waals surface area contributed by atoms with Crippen LogP contribution in [0, 0.1) is 0 Å². The summed E-state index contributed by atoms with van der Waals surface area (Å²) in [4.78, 5) is 2.20. The molecule has 1 atom stereocenters. The summed E-state index contributed by atoms with van der Waals surface area (Å²) in [6, 6.07) is 16.2. The first-order valence-corrected chi connectivity index (χ1v) is 9.19. The Kier molecular flexibility index (Phi) is 6.89. The minimum atomic E-state index is -0.482. The topological polar surface area (TPSA) is 54.0 Å². The van der Waals surface area contributed by atoms with E-state index in [9.17, 15) is 5.11 Å². The number of benzene rings is 2.